The van der Waals surface area contributed by atoms with E-state index in [-0.39, 0.29) is 12.4 Å². The molecule has 0 aromatic heterocycles. The van der Waals surface area contributed by atoms with Crippen molar-refractivity contribution in [3.63, 3.8) is 0 Å². The fourth-order valence-corrected chi connectivity index (χ4v) is 3.42. The summed E-state index contributed by atoms with van der Waals surface area (Å²) in [5, 5.41) is 0. The van der Waals surface area contributed by atoms with Crippen LogP contribution in [0.5, 0.6) is 0 Å². The van der Waals surface area contributed by atoms with Crippen molar-refractivity contribution in [3.05, 3.63) is 0 Å². The van der Waals surface area contributed by atoms with Crippen LogP contribution in [-0.4, -0.2) is 54.6 Å². The molecule has 0 atom stereocenters. The first-order chi connectivity index (χ1) is 8.31. The van der Waals surface area contributed by atoms with Gasteiger partial charge in [0.25, 0.3) is 0 Å². The highest BCUT2D eigenvalue weighted by Crippen LogP contribution is 2.31. The Labute approximate surface area is 117 Å². The van der Waals surface area contributed by atoms with Crippen molar-refractivity contribution in [2.45, 2.75) is 50.6 Å². The summed E-state index contributed by atoms with van der Waals surface area (Å²) in [5.74, 6) is 1.06. The Morgan fingerprint density at radius 3 is 2.00 bits per heavy atom. The van der Waals surface area contributed by atoms with Crippen LogP contribution in [0, 0.1) is 5.92 Å². The van der Waals surface area contributed by atoms with E-state index in [1.807, 2.05) is 0 Å². The molecule has 3 nitrogen and oxygen atoms in total. The third-order valence-corrected chi connectivity index (χ3v) is 4.86. The monoisotopic (exact) mass is 273 g/mol. The molecule has 3 aliphatic rings. The van der Waals surface area contributed by atoms with E-state index >= 15 is 0 Å². The fraction of sp³-hybridized carbons (Fsp3) is 1.00. The van der Waals surface area contributed by atoms with Crippen LogP contribution >= 0.6 is 12.4 Å². The topological polar surface area (TPSA) is 32.5 Å². The molecule has 0 aromatic rings. The van der Waals surface area contributed by atoms with Crippen LogP contribution in [0.25, 0.3) is 0 Å². The third-order valence-electron chi connectivity index (χ3n) is 4.86. The molecule has 4 heteroatoms. The molecule has 1 aliphatic carbocycles. The van der Waals surface area contributed by atoms with Gasteiger partial charge in [-0.05, 0) is 70.6 Å². The number of likely N-dealkylation sites (tertiary alicyclic amines) is 2. The van der Waals surface area contributed by atoms with E-state index in [1.54, 1.807) is 0 Å². The molecule has 3 fully saturated rings. The number of rotatable bonds is 3. The van der Waals surface area contributed by atoms with Crippen molar-refractivity contribution in [2.75, 3.05) is 32.7 Å². The summed E-state index contributed by atoms with van der Waals surface area (Å²) < 4.78 is 0. The lowest BCUT2D eigenvalue weighted by Gasteiger charge is -2.41. The first-order valence-electron chi connectivity index (χ1n) is 7.53. The van der Waals surface area contributed by atoms with Gasteiger partial charge in [-0.2, -0.15) is 0 Å². The van der Waals surface area contributed by atoms with Crippen LogP contribution in [0.1, 0.15) is 38.5 Å². The van der Waals surface area contributed by atoms with E-state index < -0.39 is 0 Å². The van der Waals surface area contributed by atoms with Crippen LogP contribution < -0.4 is 5.73 Å². The minimum Gasteiger partial charge on any atom is -0.328 e. The molecule has 18 heavy (non-hydrogen) atoms. The van der Waals surface area contributed by atoms with E-state index in [4.69, 9.17) is 5.73 Å². The lowest BCUT2D eigenvalue weighted by Crippen LogP contribution is -2.49. The highest BCUT2D eigenvalue weighted by molar-refractivity contribution is 5.85. The second-order valence-corrected chi connectivity index (χ2v) is 6.35. The predicted octanol–water partition coefficient (Wildman–Crippen LogP) is 1.71. The van der Waals surface area contributed by atoms with Gasteiger partial charge in [0.1, 0.15) is 0 Å². The van der Waals surface area contributed by atoms with Gasteiger partial charge in [-0.25, -0.2) is 0 Å². The van der Waals surface area contributed by atoms with Crippen LogP contribution in [0.2, 0.25) is 0 Å². The summed E-state index contributed by atoms with van der Waals surface area (Å²) in [6, 6.07) is 1.33. The van der Waals surface area contributed by atoms with Crippen molar-refractivity contribution in [1.29, 1.82) is 0 Å². The zero-order chi connectivity index (χ0) is 11.7. The number of piperidine rings is 2. The van der Waals surface area contributed by atoms with E-state index in [9.17, 15) is 0 Å². The maximum Gasteiger partial charge on any atom is 0.0120 e. The Balaban J connectivity index is 0.00000120. The number of halogens is 1. The van der Waals surface area contributed by atoms with Crippen LogP contribution in [0.4, 0.5) is 0 Å². The Morgan fingerprint density at radius 2 is 1.44 bits per heavy atom. The standard InChI is InChI=1S/C14H27N3.ClH/c15-13-3-9-17(10-4-13)14-5-7-16(8-6-14)11-12-1-2-12;/h12-14H,1-11,15H2;1H. The minimum atomic E-state index is 0. The molecule has 2 heterocycles. The summed E-state index contributed by atoms with van der Waals surface area (Å²) in [7, 11) is 0. The molecule has 0 amide bonds. The Morgan fingerprint density at radius 1 is 0.833 bits per heavy atom. The second kappa shape index (κ2) is 6.56. The highest BCUT2D eigenvalue weighted by Gasteiger charge is 2.30. The average molecular weight is 274 g/mol. The quantitative estimate of drug-likeness (QED) is 0.850. The van der Waals surface area contributed by atoms with Crippen molar-refractivity contribution in [1.82, 2.24) is 9.80 Å². The SMILES string of the molecule is Cl.NC1CCN(C2CCN(CC3CC3)CC2)CC1. The molecule has 2 saturated heterocycles. The molecular weight excluding hydrogens is 246 g/mol. The molecule has 0 aromatic carbocycles. The van der Waals surface area contributed by atoms with Gasteiger partial charge in [-0.3, -0.25) is 0 Å². The van der Waals surface area contributed by atoms with Gasteiger partial charge in [0.2, 0.25) is 0 Å². The first-order valence-corrected chi connectivity index (χ1v) is 7.53. The number of hydrogen-bond acceptors (Lipinski definition) is 3. The van der Waals surface area contributed by atoms with Gasteiger partial charge in [0.05, 0.1) is 0 Å². The molecule has 2 N–H and O–H groups in total. The minimum absolute atomic E-state index is 0. The third kappa shape index (κ3) is 3.83. The van der Waals surface area contributed by atoms with E-state index in [0.717, 1.165) is 12.0 Å². The lowest BCUT2D eigenvalue weighted by molar-refractivity contribution is 0.0861. The van der Waals surface area contributed by atoms with Crippen molar-refractivity contribution in [3.8, 4) is 0 Å². The lowest BCUT2D eigenvalue weighted by atomic mass is 9.98. The fourth-order valence-electron chi connectivity index (χ4n) is 3.42. The summed E-state index contributed by atoms with van der Waals surface area (Å²) in [6.45, 7) is 6.55. The Hall–Kier alpha value is 0.170. The predicted molar refractivity (Wildman–Crippen MR) is 78.2 cm³/mol. The second-order valence-electron chi connectivity index (χ2n) is 6.35. The van der Waals surface area contributed by atoms with Crippen LogP contribution in [-0.2, 0) is 0 Å². The molecule has 2 aliphatic heterocycles. The summed E-state index contributed by atoms with van der Waals surface area (Å²) in [4.78, 5) is 5.40. The van der Waals surface area contributed by atoms with E-state index in [0.29, 0.717) is 6.04 Å². The summed E-state index contributed by atoms with van der Waals surface area (Å²) in [6.07, 6.45) is 8.18. The number of hydrogen-bond donors (Lipinski definition) is 1. The number of nitrogens with two attached hydrogens (primary N) is 1. The summed E-state index contributed by atoms with van der Waals surface area (Å²) in [5.41, 5.74) is 5.98. The van der Waals surface area contributed by atoms with Gasteiger partial charge >= 0.3 is 0 Å². The van der Waals surface area contributed by atoms with Gasteiger partial charge in [-0.1, -0.05) is 0 Å². The number of nitrogens with zero attached hydrogens (tertiary/aromatic N) is 2. The molecule has 0 radical (unpaired) electrons. The van der Waals surface area contributed by atoms with E-state index in [2.05, 4.69) is 9.80 Å². The van der Waals surface area contributed by atoms with Crippen molar-refractivity contribution < 1.29 is 0 Å². The van der Waals surface area contributed by atoms with Gasteiger partial charge in [-0.15, -0.1) is 12.4 Å². The molecule has 106 valence electrons. The average Bonchev–Trinajstić information content (AvgIpc) is 3.15. The smallest absolute Gasteiger partial charge is 0.0120 e. The Kier molecular flexibility index (Phi) is 5.31. The molecule has 3 rings (SSSR count). The molecule has 0 bridgehead atoms. The van der Waals surface area contributed by atoms with Gasteiger partial charge < -0.3 is 15.5 Å². The molecule has 0 unspecified atom stereocenters. The van der Waals surface area contributed by atoms with Crippen LogP contribution in [0.3, 0.4) is 0 Å². The maximum absolute atomic E-state index is 5.98. The Bertz CT molecular complexity index is 241. The van der Waals surface area contributed by atoms with Crippen molar-refractivity contribution in [2.24, 2.45) is 11.7 Å². The van der Waals surface area contributed by atoms with Crippen molar-refractivity contribution >= 4 is 12.4 Å². The van der Waals surface area contributed by atoms with Gasteiger partial charge in [0.15, 0.2) is 0 Å². The van der Waals surface area contributed by atoms with Gasteiger partial charge in [0, 0.05) is 18.6 Å². The van der Waals surface area contributed by atoms with Crippen LogP contribution in [0.15, 0.2) is 0 Å². The first kappa shape index (κ1) is 14.6. The highest BCUT2D eigenvalue weighted by atomic mass is 35.5. The molecule has 0 spiro atoms. The maximum atomic E-state index is 5.98. The largest absolute Gasteiger partial charge is 0.328 e. The van der Waals surface area contributed by atoms with E-state index in [1.165, 1.54) is 71.2 Å². The normalized spacial score (nSPS) is 29.2. The zero-order valence-corrected chi connectivity index (χ0v) is 12.2. The molecular formula is C14H28ClN3. The molecule has 1 saturated carbocycles. The summed E-state index contributed by atoms with van der Waals surface area (Å²) >= 11 is 0. The zero-order valence-electron chi connectivity index (χ0n) is 11.4.